The van der Waals surface area contributed by atoms with Crippen LogP contribution in [0.4, 0.5) is 0 Å². The lowest BCUT2D eigenvalue weighted by Gasteiger charge is -2.09. The highest BCUT2D eigenvalue weighted by Crippen LogP contribution is 2.69. The van der Waals surface area contributed by atoms with Gasteiger partial charge in [0.15, 0.2) is 5.78 Å². The van der Waals surface area contributed by atoms with Gasteiger partial charge in [0, 0.05) is 11.5 Å². The van der Waals surface area contributed by atoms with E-state index in [2.05, 4.69) is 5.32 Å². The maximum atomic E-state index is 12.2. The molecule has 3 nitrogen and oxygen atoms in total. The van der Waals surface area contributed by atoms with Crippen LogP contribution in [0.2, 0.25) is 0 Å². The summed E-state index contributed by atoms with van der Waals surface area (Å²) in [5.74, 6) is 3.19. The van der Waals surface area contributed by atoms with E-state index in [1.165, 1.54) is 19.3 Å². The van der Waals surface area contributed by atoms with E-state index in [1.807, 2.05) is 18.2 Å². The monoisotopic (exact) mass is 269 g/mol. The van der Waals surface area contributed by atoms with Gasteiger partial charge in [0.05, 0.1) is 6.54 Å². The Bertz CT molecular complexity index is 537. The maximum absolute atomic E-state index is 12.2. The van der Waals surface area contributed by atoms with Crippen molar-refractivity contribution in [3.05, 3.63) is 35.9 Å². The lowest BCUT2D eigenvalue weighted by Crippen LogP contribution is -2.32. The fourth-order valence-electron chi connectivity index (χ4n) is 4.69. The number of rotatable bonds is 4. The molecule has 3 aliphatic carbocycles. The van der Waals surface area contributed by atoms with Gasteiger partial charge in [0.2, 0.25) is 5.91 Å². The molecule has 104 valence electrons. The summed E-state index contributed by atoms with van der Waals surface area (Å²) in [7, 11) is 0. The Morgan fingerprint density at radius 3 is 2.35 bits per heavy atom. The molecule has 4 rings (SSSR count). The highest BCUT2D eigenvalue weighted by Gasteiger charge is 2.67. The van der Waals surface area contributed by atoms with Crippen molar-refractivity contribution >= 4 is 11.7 Å². The number of carbonyl (C=O) groups excluding carboxylic acids is 2. The molecular formula is C17H19NO2. The van der Waals surface area contributed by atoms with Crippen LogP contribution in [0, 0.1) is 29.6 Å². The molecule has 3 heteroatoms. The molecule has 20 heavy (non-hydrogen) atoms. The van der Waals surface area contributed by atoms with Crippen LogP contribution < -0.4 is 5.32 Å². The molecule has 0 aliphatic heterocycles. The summed E-state index contributed by atoms with van der Waals surface area (Å²) in [6.07, 6.45) is 3.99. The van der Waals surface area contributed by atoms with E-state index in [4.69, 9.17) is 0 Å². The SMILES string of the molecule is O=C(CNC(=O)C1C2C3CCC(C3)C12)c1ccccc1. The third kappa shape index (κ3) is 1.80. The number of nitrogens with one attached hydrogen (secondary N) is 1. The van der Waals surface area contributed by atoms with E-state index in [0.717, 1.165) is 11.8 Å². The predicted octanol–water partition coefficient (Wildman–Crippen LogP) is 2.28. The highest BCUT2D eigenvalue weighted by molar-refractivity contribution is 5.99. The summed E-state index contributed by atoms with van der Waals surface area (Å²) >= 11 is 0. The number of amides is 1. The van der Waals surface area contributed by atoms with Gasteiger partial charge in [-0.25, -0.2) is 0 Å². The Morgan fingerprint density at radius 1 is 1.05 bits per heavy atom. The van der Waals surface area contributed by atoms with Crippen molar-refractivity contribution in [2.24, 2.45) is 29.6 Å². The Kier molecular flexibility index (Phi) is 2.69. The van der Waals surface area contributed by atoms with Gasteiger partial charge in [0.1, 0.15) is 0 Å². The summed E-state index contributed by atoms with van der Waals surface area (Å²) < 4.78 is 0. The van der Waals surface area contributed by atoms with Crippen molar-refractivity contribution in [1.82, 2.24) is 5.32 Å². The van der Waals surface area contributed by atoms with Crippen LogP contribution in [-0.4, -0.2) is 18.2 Å². The first-order chi connectivity index (χ1) is 9.75. The Hall–Kier alpha value is -1.64. The summed E-state index contributed by atoms with van der Waals surface area (Å²) in [6, 6.07) is 9.16. The average molecular weight is 269 g/mol. The zero-order chi connectivity index (χ0) is 13.7. The number of carbonyl (C=O) groups is 2. The standard InChI is InChI=1S/C17H19NO2/c19-13(10-4-2-1-3-5-10)9-18-17(20)16-14-11-6-7-12(8-11)15(14)16/h1-5,11-12,14-16H,6-9H2,(H,18,20). The smallest absolute Gasteiger partial charge is 0.224 e. The Labute approximate surface area is 118 Å². The molecule has 0 heterocycles. The highest BCUT2D eigenvalue weighted by atomic mass is 16.2. The van der Waals surface area contributed by atoms with Crippen LogP contribution in [0.25, 0.3) is 0 Å². The molecule has 1 aromatic rings. The topological polar surface area (TPSA) is 46.2 Å². The maximum Gasteiger partial charge on any atom is 0.224 e. The molecule has 1 aromatic carbocycles. The second kappa shape index (κ2) is 4.44. The molecule has 4 unspecified atom stereocenters. The largest absolute Gasteiger partial charge is 0.348 e. The predicted molar refractivity (Wildman–Crippen MR) is 75.1 cm³/mol. The first-order valence-electron chi connectivity index (χ1n) is 7.61. The lowest BCUT2D eigenvalue weighted by atomic mass is 10.0. The molecular weight excluding hydrogens is 250 g/mol. The lowest BCUT2D eigenvalue weighted by molar-refractivity contribution is -0.123. The molecule has 3 aliphatic rings. The van der Waals surface area contributed by atoms with Crippen molar-refractivity contribution in [2.45, 2.75) is 19.3 Å². The first-order valence-corrected chi connectivity index (χ1v) is 7.61. The second-order valence-electron chi connectivity index (χ2n) is 6.52. The van der Waals surface area contributed by atoms with Crippen LogP contribution in [0.1, 0.15) is 29.6 Å². The summed E-state index contributed by atoms with van der Waals surface area (Å²) in [4.78, 5) is 24.2. The zero-order valence-electron chi connectivity index (χ0n) is 11.4. The van der Waals surface area contributed by atoms with Crippen molar-refractivity contribution in [3.63, 3.8) is 0 Å². The quantitative estimate of drug-likeness (QED) is 0.852. The fourth-order valence-corrected chi connectivity index (χ4v) is 4.69. The third-order valence-corrected chi connectivity index (χ3v) is 5.56. The number of hydrogen-bond donors (Lipinski definition) is 1. The molecule has 1 N–H and O–H groups in total. The number of hydrogen-bond acceptors (Lipinski definition) is 2. The van der Waals surface area contributed by atoms with Gasteiger partial charge in [-0.05, 0) is 42.9 Å². The number of benzene rings is 1. The average Bonchev–Trinajstić information content (AvgIpc) is 2.93. The van der Waals surface area contributed by atoms with Gasteiger partial charge in [0.25, 0.3) is 0 Å². The van der Waals surface area contributed by atoms with Gasteiger partial charge >= 0.3 is 0 Å². The molecule has 2 bridgehead atoms. The van der Waals surface area contributed by atoms with Crippen LogP contribution in [0.3, 0.4) is 0 Å². The number of Topliss-reactive ketones (excluding diaryl/α,β-unsaturated/α-hetero) is 1. The van der Waals surface area contributed by atoms with E-state index < -0.39 is 0 Å². The van der Waals surface area contributed by atoms with E-state index >= 15 is 0 Å². The molecule has 0 radical (unpaired) electrons. The van der Waals surface area contributed by atoms with E-state index in [-0.39, 0.29) is 24.2 Å². The van der Waals surface area contributed by atoms with Crippen LogP contribution in [0.15, 0.2) is 30.3 Å². The fraction of sp³-hybridized carbons (Fsp3) is 0.529. The van der Waals surface area contributed by atoms with Gasteiger partial charge in [-0.2, -0.15) is 0 Å². The van der Waals surface area contributed by atoms with E-state index in [9.17, 15) is 9.59 Å². The minimum absolute atomic E-state index is 0.00673. The molecule has 4 atom stereocenters. The molecule has 0 aromatic heterocycles. The van der Waals surface area contributed by atoms with Crippen molar-refractivity contribution in [2.75, 3.05) is 6.54 Å². The van der Waals surface area contributed by atoms with Crippen LogP contribution in [-0.2, 0) is 4.79 Å². The minimum atomic E-state index is -0.00673. The van der Waals surface area contributed by atoms with Gasteiger partial charge < -0.3 is 5.32 Å². The van der Waals surface area contributed by atoms with Crippen molar-refractivity contribution in [1.29, 1.82) is 0 Å². The first kappa shape index (κ1) is 12.1. The Morgan fingerprint density at radius 2 is 1.70 bits per heavy atom. The molecule has 0 spiro atoms. The van der Waals surface area contributed by atoms with Crippen LogP contribution >= 0.6 is 0 Å². The van der Waals surface area contributed by atoms with E-state index in [1.54, 1.807) is 12.1 Å². The molecule has 3 fully saturated rings. The minimum Gasteiger partial charge on any atom is -0.348 e. The van der Waals surface area contributed by atoms with Gasteiger partial charge in [-0.3, -0.25) is 9.59 Å². The normalized spacial score (nSPS) is 36.5. The number of ketones is 1. The second-order valence-corrected chi connectivity index (χ2v) is 6.52. The summed E-state index contributed by atoms with van der Waals surface area (Å²) in [5.41, 5.74) is 0.670. The third-order valence-electron chi connectivity index (χ3n) is 5.56. The Balaban J connectivity index is 1.33. The van der Waals surface area contributed by atoms with Crippen LogP contribution in [0.5, 0.6) is 0 Å². The molecule has 0 saturated heterocycles. The zero-order valence-corrected chi connectivity index (χ0v) is 11.4. The summed E-state index contributed by atoms with van der Waals surface area (Å²) in [6.45, 7) is 0.133. The van der Waals surface area contributed by atoms with Crippen molar-refractivity contribution < 1.29 is 9.59 Å². The van der Waals surface area contributed by atoms with Gasteiger partial charge in [-0.15, -0.1) is 0 Å². The summed E-state index contributed by atoms with van der Waals surface area (Å²) in [5, 5.41) is 2.85. The number of fused-ring (bicyclic) bond motifs is 5. The molecule has 3 saturated carbocycles. The molecule has 1 amide bonds. The van der Waals surface area contributed by atoms with E-state index in [0.29, 0.717) is 17.4 Å². The van der Waals surface area contributed by atoms with Crippen molar-refractivity contribution in [3.8, 4) is 0 Å². The van der Waals surface area contributed by atoms with Gasteiger partial charge in [-0.1, -0.05) is 30.3 Å².